The lowest BCUT2D eigenvalue weighted by atomic mass is 10.1. The van der Waals surface area contributed by atoms with Gasteiger partial charge in [-0.05, 0) is 60.5 Å². The van der Waals surface area contributed by atoms with E-state index in [1.54, 1.807) is 56.8 Å². The third-order valence-corrected chi connectivity index (χ3v) is 4.44. The first-order valence-electron chi connectivity index (χ1n) is 8.98. The van der Waals surface area contributed by atoms with Crippen molar-refractivity contribution in [2.24, 2.45) is 0 Å². The molecule has 29 heavy (non-hydrogen) atoms. The summed E-state index contributed by atoms with van der Waals surface area (Å²) in [5.41, 5.74) is 1.38. The monoisotopic (exact) mass is 412 g/mol. The number of carbonyl (C=O) groups is 1. The van der Waals surface area contributed by atoms with Crippen LogP contribution >= 0.6 is 11.6 Å². The highest BCUT2D eigenvalue weighted by atomic mass is 35.5. The van der Waals surface area contributed by atoms with Gasteiger partial charge in [0.05, 0.1) is 14.2 Å². The SMILES string of the molecule is COc1ccc(CCNC(=O)c2cccnc2Oc2ccc(Cl)cc2)cc1OC. The molecule has 0 aliphatic heterocycles. The van der Waals surface area contributed by atoms with Crippen LogP contribution in [0.25, 0.3) is 0 Å². The summed E-state index contributed by atoms with van der Waals surface area (Å²) >= 11 is 5.89. The number of halogens is 1. The predicted molar refractivity (Wildman–Crippen MR) is 111 cm³/mol. The third-order valence-electron chi connectivity index (χ3n) is 4.19. The van der Waals surface area contributed by atoms with Crippen molar-refractivity contribution in [3.05, 3.63) is 76.9 Å². The van der Waals surface area contributed by atoms with Crippen LogP contribution in [0.3, 0.4) is 0 Å². The first-order chi connectivity index (χ1) is 14.1. The van der Waals surface area contributed by atoms with Crippen LogP contribution in [-0.2, 0) is 6.42 Å². The number of nitrogens with one attached hydrogen (secondary N) is 1. The molecule has 0 atom stereocenters. The highest BCUT2D eigenvalue weighted by Gasteiger charge is 2.14. The smallest absolute Gasteiger partial charge is 0.256 e. The van der Waals surface area contributed by atoms with Crippen molar-refractivity contribution < 1.29 is 19.0 Å². The number of pyridine rings is 1. The van der Waals surface area contributed by atoms with Gasteiger partial charge in [-0.1, -0.05) is 17.7 Å². The molecule has 0 saturated heterocycles. The average molecular weight is 413 g/mol. The van der Waals surface area contributed by atoms with Gasteiger partial charge in [-0.3, -0.25) is 4.79 Å². The normalized spacial score (nSPS) is 10.3. The molecule has 1 N–H and O–H groups in total. The first-order valence-corrected chi connectivity index (χ1v) is 9.36. The van der Waals surface area contributed by atoms with E-state index in [1.165, 1.54) is 0 Å². The molecule has 0 unspecified atom stereocenters. The number of benzene rings is 2. The van der Waals surface area contributed by atoms with Gasteiger partial charge in [0.25, 0.3) is 5.91 Å². The number of methoxy groups -OCH3 is 2. The molecule has 2 aromatic carbocycles. The maximum atomic E-state index is 12.6. The molecule has 0 radical (unpaired) electrons. The van der Waals surface area contributed by atoms with Crippen LogP contribution in [0.1, 0.15) is 15.9 Å². The fourth-order valence-electron chi connectivity index (χ4n) is 2.71. The first kappa shape index (κ1) is 20.5. The number of aromatic nitrogens is 1. The number of ether oxygens (including phenoxy) is 3. The van der Waals surface area contributed by atoms with Gasteiger partial charge in [-0.25, -0.2) is 4.98 Å². The number of carbonyl (C=O) groups excluding carboxylic acids is 1. The zero-order valence-electron chi connectivity index (χ0n) is 16.1. The molecule has 0 spiro atoms. The van der Waals surface area contributed by atoms with E-state index in [0.717, 1.165) is 5.56 Å². The lowest BCUT2D eigenvalue weighted by Crippen LogP contribution is -2.26. The molecule has 6 nitrogen and oxygen atoms in total. The topological polar surface area (TPSA) is 69.7 Å². The van der Waals surface area contributed by atoms with Gasteiger partial charge < -0.3 is 19.5 Å². The Morgan fingerprint density at radius 2 is 1.79 bits per heavy atom. The van der Waals surface area contributed by atoms with Crippen LogP contribution in [0.4, 0.5) is 0 Å². The fraction of sp³-hybridized carbons (Fsp3) is 0.182. The van der Waals surface area contributed by atoms with Crippen molar-refractivity contribution in [2.45, 2.75) is 6.42 Å². The Morgan fingerprint density at radius 1 is 1.03 bits per heavy atom. The van der Waals surface area contributed by atoms with E-state index in [2.05, 4.69) is 10.3 Å². The number of amides is 1. The molecule has 3 aromatic rings. The fourth-order valence-corrected chi connectivity index (χ4v) is 2.84. The van der Waals surface area contributed by atoms with Crippen molar-refractivity contribution in [1.82, 2.24) is 10.3 Å². The van der Waals surface area contributed by atoms with E-state index in [-0.39, 0.29) is 11.8 Å². The molecule has 1 heterocycles. The summed E-state index contributed by atoms with van der Waals surface area (Å²) in [7, 11) is 3.18. The van der Waals surface area contributed by atoms with E-state index in [0.29, 0.717) is 40.8 Å². The van der Waals surface area contributed by atoms with Gasteiger partial charge in [0, 0.05) is 17.8 Å². The van der Waals surface area contributed by atoms with E-state index >= 15 is 0 Å². The summed E-state index contributed by atoms with van der Waals surface area (Å²) in [6.07, 6.45) is 2.21. The Bertz CT molecular complexity index is 977. The lowest BCUT2D eigenvalue weighted by molar-refractivity contribution is 0.0951. The van der Waals surface area contributed by atoms with Crippen molar-refractivity contribution in [2.75, 3.05) is 20.8 Å². The number of hydrogen-bond donors (Lipinski definition) is 1. The minimum atomic E-state index is -0.262. The van der Waals surface area contributed by atoms with Crippen LogP contribution in [0.5, 0.6) is 23.1 Å². The summed E-state index contributed by atoms with van der Waals surface area (Å²) in [5, 5.41) is 3.50. The second-order valence-electron chi connectivity index (χ2n) is 6.11. The lowest BCUT2D eigenvalue weighted by Gasteiger charge is -2.11. The van der Waals surface area contributed by atoms with Crippen molar-refractivity contribution in [3.8, 4) is 23.1 Å². The van der Waals surface area contributed by atoms with Gasteiger partial charge in [-0.2, -0.15) is 0 Å². The summed E-state index contributed by atoms with van der Waals surface area (Å²) in [6, 6.07) is 15.9. The molecule has 7 heteroatoms. The molecule has 0 bridgehead atoms. The highest BCUT2D eigenvalue weighted by Crippen LogP contribution is 2.28. The number of rotatable bonds is 8. The predicted octanol–water partition coefficient (Wildman–Crippen LogP) is 4.52. The van der Waals surface area contributed by atoms with Gasteiger partial charge in [-0.15, -0.1) is 0 Å². The van der Waals surface area contributed by atoms with Crippen LogP contribution < -0.4 is 19.5 Å². The Balaban J connectivity index is 1.63. The van der Waals surface area contributed by atoms with E-state index in [1.807, 2.05) is 18.2 Å². The Morgan fingerprint density at radius 3 is 2.52 bits per heavy atom. The largest absolute Gasteiger partial charge is 0.493 e. The summed E-state index contributed by atoms with van der Waals surface area (Å²) in [6.45, 7) is 0.448. The molecular formula is C22H21ClN2O4. The Labute approximate surface area is 174 Å². The van der Waals surface area contributed by atoms with Gasteiger partial charge in [0.1, 0.15) is 11.3 Å². The minimum Gasteiger partial charge on any atom is -0.493 e. The van der Waals surface area contributed by atoms with Crippen molar-refractivity contribution >= 4 is 17.5 Å². The van der Waals surface area contributed by atoms with Crippen molar-refractivity contribution in [3.63, 3.8) is 0 Å². The quantitative estimate of drug-likeness (QED) is 0.589. The minimum absolute atomic E-state index is 0.235. The maximum Gasteiger partial charge on any atom is 0.256 e. The zero-order chi connectivity index (χ0) is 20.6. The Hall–Kier alpha value is -3.25. The van der Waals surface area contributed by atoms with Crippen LogP contribution in [-0.4, -0.2) is 31.7 Å². The van der Waals surface area contributed by atoms with Gasteiger partial charge in [0.2, 0.25) is 5.88 Å². The molecule has 0 fully saturated rings. The molecule has 0 aliphatic carbocycles. The molecular weight excluding hydrogens is 392 g/mol. The van der Waals surface area contributed by atoms with E-state index in [9.17, 15) is 4.79 Å². The van der Waals surface area contributed by atoms with Gasteiger partial charge >= 0.3 is 0 Å². The van der Waals surface area contributed by atoms with E-state index in [4.69, 9.17) is 25.8 Å². The summed E-state index contributed by atoms with van der Waals surface area (Å²) in [5.74, 6) is 1.84. The Kier molecular flexibility index (Phi) is 6.92. The third kappa shape index (κ3) is 5.39. The second kappa shape index (κ2) is 9.80. The van der Waals surface area contributed by atoms with Crippen LogP contribution in [0.2, 0.25) is 5.02 Å². The summed E-state index contributed by atoms with van der Waals surface area (Å²) < 4.78 is 16.3. The zero-order valence-corrected chi connectivity index (χ0v) is 16.9. The van der Waals surface area contributed by atoms with E-state index < -0.39 is 0 Å². The van der Waals surface area contributed by atoms with Crippen LogP contribution in [0.15, 0.2) is 60.8 Å². The van der Waals surface area contributed by atoms with Crippen molar-refractivity contribution in [1.29, 1.82) is 0 Å². The van der Waals surface area contributed by atoms with Gasteiger partial charge in [0.15, 0.2) is 11.5 Å². The molecule has 1 aromatic heterocycles. The average Bonchev–Trinajstić information content (AvgIpc) is 2.75. The number of hydrogen-bond acceptors (Lipinski definition) is 5. The maximum absolute atomic E-state index is 12.6. The second-order valence-corrected chi connectivity index (χ2v) is 6.54. The standard InChI is InChI=1S/C22H21ClN2O4/c1-27-19-10-5-15(14-20(19)28-2)11-13-24-21(26)18-4-3-12-25-22(18)29-17-8-6-16(23)7-9-17/h3-10,12,14H,11,13H2,1-2H3,(H,24,26). The molecule has 0 aliphatic rings. The highest BCUT2D eigenvalue weighted by molar-refractivity contribution is 6.30. The molecule has 3 rings (SSSR count). The summed E-state index contributed by atoms with van der Waals surface area (Å²) in [4.78, 5) is 16.8. The molecule has 150 valence electrons. The molecule has 1 amide bonds. The van der Waals surface area contributed by atoms with Crippen LogP contribution in [0, 0.1) is 0 Å². The number of nitrogens with zero attached hydrogens (tertiary/aromatic N) is 1. The molecule has 0 saturated carbocycles.